The fourth-order valence-electron chi connectivity index (χ4n) is 2.62. The third-order valence-electron chi connectivity index (χ3n) is 4.13. The number of benzene rings is 1. The monoisotopic (exact) mass is 307 g/mol. The van der Waals surface area contributed by atoms with Gasteiger partial charge in [0.2, 0.25) is 0 Å². The van der Waals surface area contributed by atoms with Gasteiger partial charge >= 0.3 is 6.03 Å². The maximum Gasteiger partial charge on any atom is 0.317 e. The third kappa shape index (κ3) is 4.35. The molecular weight excluding hydrogens is 282 g/mol. The molecule has 1 atom stereocenters. The molecule has 0 aromatic heterocycles. The van der Waals surface area contributed by atoms with E-state index in [-0.39, 0.29) is 18.7 Å². The number of nitrogens with one attached hydrogen (secondary N) is 1. The summed E-state index contributed by atoms with van der Waals surface area (Å²) in [4.78, 5) is 16.3. The van der Waals surface area contributed by atoms with Crippen LogP contribution >= 0.6 is 0 Å². The predicted octanol–water partition coefficient (Wildman–Crippen LogP) is 0.903. The number of urea groups is 1. The van der Waals surface area contributed by atoms with E-state index in [1.807, 2.05) is 36.2 Å². The summed E-state index contributed by atoms with van der Waals surface area (Å²) in [5.74, 6) is 0.806. The maximum absolute atomic E-state index is 12.3. The molecule has 1 aromatic carbocycles. The molecular formula is C16H25N3O3. The van der Waals surface area contributed by atoms with E-state index < -0.39 is 0 Å². The van der Waals surface area contributed by atoms with Crippen LogP contribution in [0.3, 0.4) is 0 Å². The Morgan fingerprint density at radius 1 is 1.36 bits per heavy atom. The van der Waals surface area contributed by atoms with Crippen molar-refractivity contribution in [3.05, 3.63) is 29.8 Å². The van der Waals surface area contributed by atoms with E-state index >= 15 is 0 Å². The molecule has 1 fully saturated rings. The van der Waals surface area contributed by atoms with Crippen LogP contribution in [0.4, 0.5) is 4.79 Å². The van der Waals surface area contributed by atoms with Crippen molar-refractivity contribution in [1.82, 2.24) is 15.1 Å². The van der Waals surface area contributed by atoms with Gasteiger partial charge in [0.05, 0.1) is 7.11 Å². The first kappa shape index (κ1) is 16.6. The molecule has 2 rings (SSSR count). The molecule has 0 bridgehead atoms. The third-order valence-corrected chi connectivity index (χ3v) is 4.13. The van der Waals surface area contributed by atoms with Crippen molar-refractivity contribution in [2.24, 2.45) is 0 Å². The van der Waals surface area contributed by atoms with Crippen LogP contribution in [-0.2, 0) is 6.54 Å². The van der Waals surface area contributed by atoms with Crippen molar-refractivity contribution in [3.63, 3.8) is 0 Å². The summed E-state index contributed by atoms with van der Waals surface area (Å²) in [6.07, 6.45) is 0.693. The molecule has 0 unspecified atom stereocenters. The molecule has 2 amide bonds. The van der Waals surface area contributed by atoms with Crippen molar-refractivity contribution in [1.29, 1.82) is 0 Å². The van der Waals surface area contributed by atoms with Gasteiger partial charge in [-0.15, -0.1) is 0 Å². The Hall–Kier alpha value is -1.79. The number of hydrogen-bond donors (Lipinski definition) is 2. The van der Waals surface area contributed by atoms with Crippen molar-refractivity contribution in [2.75, 3.05) is 40.4 Å². The number of hydrogen-bond acceptors (Lipinski definition) is 4. The summed E-state index contributed by atoms with van der Waals surface area (Å²) in [6, 6.07) is 7.83. The average Bonchev–Trinajstić information content (AvgIpc) is 2.55. The minimum absolute atomic E-state index is 0.0492. The minimum Gasteiger partial charge on any atom is -0.497 e. The first-order chi connectivity index (χ1) is 10.6. The van der Waals surface area contributed by atoms with Crippen LogP contribution in [-0.4, -0.2) is 67.4 Å². The molecule has 1 aliphatic heterocycles. The lowest BCUT2D eigenvalue weighted by Crippen LogP contribution is -2.55. The normalized spacial score (nSPS) is 19.0. The summed E-state index contributed by atoms with van der Waals surface area (Å²) in [5, 5.41) is 12.0. The van der Waals surface area contributed by atoms with Gasteiger partial charge in [-0.3, -0.25) is 4.90 Å². The van der Waals surface area contributed by atoms with Gasteiger partial charge in [0.25, 0.3) is 0 Å². The first-order valence-corrected chi connectivity index (χ1v) is 7.61. The quantitative estimate of drug-likeness (QED) is 0.848. The second-order valence-electron chi connectivity index (χ2n) is 5.60. The van der Waals surface area contributed by atoms with Gasteiger partial charge in [0, 0.05) is 38.8 Å². The number of carbonyl (C=O) groups excluding carboxylic acids is 1. The van der Waals surface area contributed by atoms with Crippen LogP contribution in [0.25, 0.3) is 0 Å². The van der Waals surface area contributed by atoms with Crippen LogP contribution < -0.4 is 10.1 Å². The van der Waals surface area contributed by atoms with Gasteiger partial charge < -0.3 is 20.1 Å². The molecule has 6 nitrogen and oxygen atoms in total. The molecule has 0 saturated carbocycles. The first-order valence-electron chi connectivity index (χ1n) is 7.61. The molecule has 122 valence electrons. The number of carbonyl (C=O) groups is 1. The van der Waals surface area contributed by atoms with E-state index in [0.717, 1.165) is 17.9 Å². The highest BCUT2D eigenvalue weighted by Crippen LogP contribution is 2.13. The van der Waals surface area contributed by atoms with E-state index in [1.165, 1.54) is 0 Å². The van der Waals surface area contributed by atoms with Crippen molar-refractivity contribution >= 4 is 6.03 Å². The van der Waals surface area contributed by atoms with Gasteiger partial charge in [0.15, 0.2) is 0 Å². The number of aliphatic hydroxyl groups is 1. The molecule has 6 heteroatoms. The van der Waals surface area contributed by atoms with Crippen LogP contribution in [0, 0.1) is 0 Å². The standard InChI is InChI=1S/C16H25N3O3/c1-18-8-9-19(12-14(18)7-10-20)16(21)17-11-13-3-5-15(22-2)6-4-13/h3-6,14,20H,7-12H2,1-2H3,(H,17,21)/t14-/m0/s1. The fraction of sp³-hybridized carbons (Fsp3) is 0.562. The molecule has 1 saturated heterocycles. The Morgan fingerprint density at radius 2 is 2.09 bits per heavy atom. The molecule has 22 heavy (non-hydrogen) atoms. The number of amides is 2. The van der Waals surface area contributed by atoms with Gasteiger partial charge in [0.1, 0.15) is 5.75 Å². The summed E-state index contributed by atoms with van der Waals surface area (Å²) >= 11 is 0. The van der Waals surface area contributed by atoms with Gasteiger partial charge in [-0.05, 0) is 31.2 Å². The van der Waals surface area contributed by atoms with E-state index in [9.17, 15) is 4.79 Å². The number of likely N-dealkylation sites (N-methyl/N-ethyl adjacent to an activating group) is 1. The minimum atomic E-state index is -0.0492. The second-order valence-corrected chi connectivity index (χ2v) is 5.60. The lowest BCUT2D eigenvalue weighted by molar-refractivity contribution is 0.0926. The number of methoxy groups -OCH3 is 1. The molecule has 0 aliphatic carbocycles. The van der Waals surface area contributed by atoms with Gasteiger partial charge in [-0.25, -0.2) is 4.79 Å². The Morgan fingerprint density at radius 3 is 2.73 bits per heavy atom. The molecule has 2 N–H and O–H groups in total. The van der Waals surface area contributed by atoms with Gasteiger partial charge in [-0.2, -0.15) is 0 Å². The summed E-state index contributed by atoms with van der Waals surface area (Å²) in [7, 11) is 3.67. The van der Waals surface area contributed by atoms with Crippen molar-refractivity contribution < 1.29 is 14.6 Å². The molecule has 0 spiro atoms. The molecule has 1 aliphatic rings. The van der Waals surface area contributed by atoms with Crippen molar-refractivity contribution in [2.45, 2.75) is 19.0 Å². The zero-order valence-corrected chi connectivity index (χ0v) is 13.3. The summed E-state index contributed by atoms with van der Waals surface area (Å²) in [5.41, 5.74) is 1.04. The van der Waals surface area contributed by atoms with Gasteiger partial charge in [-0.1, -0.05) is 12.1 Å². The molecule has 1 aromatic rings. The van der Waals surface area contributed by atoms with Crippen LogP contribution in [0.5, 0.6) is 5.75 Å². The number of rotatable bonds is 5. The highest BCUT2D eigenvalue weighted by molar-refractivity contribution is 5.74. The largest absolute Gasteiger partial charge is 0.497 e. The molecule has 0 radical (unpaired) electrons. The summed E-state index contributed by atoms with van der Waals surface area (Å²) < 4.78 is 5.11. The summed E-state index contributed by atoms with van der Waals surface area (Å²) in [6.45, 7) is 2.86. The SMILES string of the molecule is COc1ccc(CNC(=O)N2CCN(C)[C@@H](CCO)C2)cc1. The topological polar surface area (TPSA) is 65.0 Å². The zero-order chi connectivity index (χ0) is 15.9. The molecule has 1 heterocycles. The highest BCUT2D eigenvalue weighted by atomic mass is 16.5. The van der Waals surface area contributed by atoms with E-state index in [0.29, 0.717) is 26.1 Å². The lowest BCUT2D eigenvalue weighted by Gasteiger charge is -2.39. The number of ether oxygens (including phenoxy) is 1. The highest BCUT2D eigenvalue weighted by Gasteiger charge is 2.26. The fourth-order valence-corrected chi connectivity index (χ4v) is 2.62. The second kappa shape index (κ2) is 8.00. The van der Waals surface area contributed by atoms with E-state index in [1.54, 1.807) is 7.11 Å². The van der Waals surface area contributed by atoms with Crippen LogP contribution in [0.2, 0.25) is 0 Å². The Labute approximate surface area is 131 Å². The van der Waals surface area contributed by atoms with E-state index in [4.69, 9.17) is 9.84 Å². The van der Waals surface area contributed by atoms with E-state index in [2.05, 4.69) is 10.2 Å². The van der Waals surface area contributed by atoms with Crippen LogP contribution in [0.1, 0.15) is 12.0 Å². The Balaban J connectivity index is 1.83. The number of piperazine rings is 1. The Kier molecular flexibility index (Phi) is 6.03. The number of nitrogens with zero attached hydrogens (tertiary/aromatic N) is 2. The predicted molar refractivity (Wildman–Crippen MR) is 84.9 cm³/mol. The zero-order valence-electron chi connectivity index (χ0n) is 13.3. The Bertz CT molecular complexity index is 478. The average molecular weight is 307 g/mol. The van der Waals surface area contributed by atoms with Crippen LogP contribution in [0.15, 0.2) is 24.3 Å². The maximum atomic E-state index is 12.3. The number of aliphatic hydroxyl groups excluding tert-OH is 1. The smallest absolute Gasteiger partial charge is 0.317 e. The lowest BCUT2D eigenvalue weighted by atomic mass is 10.1. The van der Waals surface area contributed by atoms with Crippen molar-refractivity contribution in [3.8, 4) is 5.75 Å².